The zero-order valence-electron chi connectivity index (χ0n) is 14.3. The highest BCUT2D eigenvalue weighted by atomic mass is 32.2. The summed E-state index contributed by atoms with van der Waals surface area (Å²) in [4.78, 5) is 4.67. The highest BCUT2D eigenvalue weighted by Gasteiger charge is 2.14. The standard InChI is InChI=1S/C19H15N5S3/c20-10-11-25-18-23-22-17(24(18)12-14-6-2-1-3-7-14)13-26-19-21-15-8-4-5-9-16(15)27-19/h1-9H,11-13H2. The van der Waals surface area contributed by atoms with Gasteiger partial charge in [-0.2, -0.15) is 5.26 Å². The van der Waals surface area contributed by atoms with E-state index < -0.39 is 0 Å². The molecule has 0 saturated heterocycles. The molecule has 2 heterocycles. The van der Waals surface area contributed by atoms with Crippen LogP contribution in [0.3, 0.4) is 0 Å². The number of aromatic nitrogens is 4. The second kappa shape index (κ2) is 8.57. The van der Waals surface area contributed by atoms with E-state index in [-0.39, 0.29) is 0 Å². The van der Waals surface area contributed by atoms with Gasteiger partial charge in [-0.1, -0.05) is 66.0 Å². The fourth-order valence-electron chi connectivity index (χ4n) is 2.59. The lowest BCUT2D eigenvalue weighted by molar-refractivity contribution is 0.685. The molecule has 0 N–H and O–H groups in total. The Labute approximate surface area is 169 Å². The summed E-state index contributed by atoms with van der Waals surface area (Å²) < 4.78 is 4.31. The molecule has 0 amide bonds. The molecular weight excluding hydrogens is 394 g/mol. The van der Waals surface area contributed by atoms with Crippen molar-refractivity contribution in [3.8, 4) is 6.07 Å². The van der Waals surface area contributed by atoms with Crippen LogP contribution in [0.15, 0.2) is 64.1 Å². The van der Waals surface area contributed by atoms with Gasteiger partial charge in [-0.15, -0.1) is 21.5 Å². The molecule has 0 aliphatic carbocycles. The molecule has 0 spiro atoms. The van der Waals surface area contributed by atoms with Crippen LogP contribution >= 0.6 is 34.9 Å². The lowest BCUT2D eigenvalue weighted by atomic mass is 10.2. The SMILES string of the molecule is N#CCSc1nnc(CSc2nc3ccccc3s2)n1Cc1ccccc1. The van der Waals surface area contributed by atoms with Crippen LogP contribution in [0.2, 0.25) is 0 Å². The largest absolute Gasteiger partial charge is 0.301 e. The summed E-state index contributed by atoms with van der Waals surface area (Å²) in [5.74, 6) is 1.94. The van der Waals surface area contributed by atoms with Crippen LogP contribution in [0, 0.1) is 11.3 Å². The molecule has 0 unspecified atom stereocenters. The molecule has 0 bridgehead atoms. The third kappa shape index (κ3) is 4.33. The Kier molecular flexibility index (Phi) is 5.72. The van der Waals surface area contributed by atoms with Crippen LogP contribution in [-0.2, 0) is 12.3 Å². The molecule has 4 rings (SSSR count). The molecular formula is C19H15N5S3. The molecule has 0 saturated carbocycles. The molecule has 0 aliphatic heterocycles. The number of rotatable bonds is 7. The van der Waals surface area contributed by atoms with Crippen molar-refractivity contribution >= 4 is 45.1 Å². The van der Waals surface area contributed by atoms with Gasteiger partial charge < -0.3 is 4.57 Å². The Morgan fingerprint density at radius 1 is 1.00 bits per heavy atom. The van der Waals surface area contributed by atoms with Crippen LogP contribution in [0.25, 0.3) is 10.2 Å². The predicted molar refractivity (Wildman–Crippen MR) is 111 cm³/mol. The van der Waals surface area contributed by atoms with Gasteiger partial charge in [-0.05, 0) is 17.7 Å². The Morgan fingerprint density at radius 3 is 2.63 bits per heavy atom. The number of nitrogens with zero attached hydrogens (tertiary/aromatic N) is 5. The number of hydrogen-bond donors (Lipinski definition) is 0. The zero-order valence-corrected chi connectivity index (χ0v) is 16.7. The van der Waals surface area contributed by atoms with Gasteiger partial charge >= 0.3 is 0 Å². The first-order valence-electron chi connectivity index (χ1n) is 8.27. The molecule has 2 aromatic heterocycles. The Hall–Kier alpha value is -2.34. The minimum Gasteiger partial charge on any atom is -0.301 e. The monoisotopic (exact) mass is 409 g/mol. The highest BCUT2D eigenvalue weighted by Crippen LogP contribution is 2.31. The van der Waals surface area contributed by atoms with Crippen LogP contribution in [-0.4, -0.2) is 25.5 Å². The Morgan fingerprint density at radius 2 is 1.81 bits per heavy atom. The number of thioether (sulfide) groups is 2. The molecule has 0 aliphatic rings. The third-order valence-electron chi connectivity index (χ3n) is 3.84. The van der Waals surface area contributed by atoms with Crippen molar-refractivity contribution in [2.75, 3.05) is 5.75 Å². The van der Waals surface area contributed by atoms with Crippen molar-refractivity contribution in [3.05, 3.63) is 66.0 Å². The van der Waals surface area contributed by atoms with Gasteiger partial charge in [0.2, 0.25) is 0 Å². The van der Waals surface area contributed by atoms with Gasteiger partial charge in [-0.25, -0.2) is 4.98 Å². The molecule has 4 aromatic rings. The summed E-state index contributed by atoms with van der Waals surface area (Å²) in [5.41, 5.74) is 2.21. The fraction of sp³-hybridized carbons (Fsp3) is 0.158. The predicted octanol–water partition coefficient (Wildman–Crippen LogP) is 4.84. The summed E-state index contributed by atoms with van der Waals surface area (Å²) in [6.45, 7) is 0.692. The summed E-state index contributed by atoms with van der Waals surface area (Å²) in [6, 6.07) is 20.5. The summed E-state index contributed by atoms with van der Waals surface area (Å²) >= 11 is 4.78. The van der Waals surface area contributed by atoms with E-state index in [0.717, 1.165) is 20.8 Å². The molecule has 27 heavy (non-hydrogen) atoms. The van der Waals surface area contributed by atoms with E-state index in [9.17, 15) is 0 Å². The van der Waals surface area contributed by atoms with Crippen molar-refractivity contribution in [1.82, 2.24) is 19.7 Å². The highest BCUT2D eigenvalue weighted by molar-refractivity contribution is 8.00. The maximum absolute atomic E-state index is 8.90. The molecule has 0 fully saturated rings. The van der Waals surface area contributed by atoms with Gasteiger partial charge in [0.25, 0.3) is 0 Å². The van der Waals surface area contributed by atoms with E-state index in [1.54, 1.807) is 23.1 Å². The van der Waals surface area contributed by atoms with Crippen LogP contribution < -0.4 is 0 Å². The molecule has 5 nitrogen and oxygen atoms in total. The van der Waals surface area contributed by atoms with Crippen LogP contribution in [0.5, 0.6) is 0 Å². The Balaban J connectivity index is 1.55. The maximum atomic E-state index is 8.90. The van der Waals surface area contributed by atoms with Gasteiger partial charge in [0.05, 0.1) is 34.3 Å². The van der Waals surface area contributed by atoms with E-state index in [2.05, 4.69) is 44.0 Å². The second-order valence-electron chi connectivity index (χ2n) is 5.65. The first-order chi connectivity index (χ1) is 13.3. The fourth-order valence-corrected chi connectivity index (χ4v) is 5.22. The van der Waals surface area contributed by atoms with Crippen molar-refractivity contribution in [1.29, 1.82) is 5.26 Å². The van der Waals surface area contributed by atoms with Gasteiger partial charge in [-0.3, -0.25) is 0 Å². The van der Waals surface area contributed by atoms with Crippen LogP contribution in [0.1, 0.15) is 11.4 Å². The van der Waals surface area contributed by atoms with Crippen molar-refractivity contribution in [2.24, 2.45) is 0 Å². The van der Waals surface area contributed by atoms with Gasteiger partial charge in [0.1, 0.15) is 5.82 Å². The number of nitriles is 1. The molecule has 0 atom stereocenters. The molecule has 0 radical (unpaired) electrons. The number of fused-ring (bicyclic) bond motifs is 1. The van der Waals surface area contributed by atoms with Gasteiger partial charge in [0, 0.05) is 0 Å². The summed E-state index contributed by atoms with van der Waals surface area (Å²) in [7, 11) is 0. The molecule has 8 heteroatoms. The van der Waals surface area contributed by atoms with E-state index in [4.69, 9.17) is 5.26 Å². The number of para-hydroxylation sites is 1. The van der Waals surface area contributed by atoms with E-state index in [1.807, 2.05) is 36.4 Å². The zero-order chi connectivity index (χ0) is 18.5. The minimum absolute atomic E-state index is 0.359. The maximum Gasteiger partial charge on any atom is 0.192 e. The van der Waals surface area contributed by atoms with E-state index in [1.165, 1.54) is 22.0 Å². The lowest BCUT2D eigenvalue weighted by Crippen LogP contribution is -2.06. The minimum atomic E-state index is 0.359. The van der Waals surface area contributed by atoms with Crippen LogP contribution in [0.4, 0.5) is 0 Å². The summed E-state index contributed by atoms with van der Waals surface area (Å²) in [5, 5.41) is 18.3. The van der Waals surface area contributed by atoms with E-state index in [0.29, 0.717) is 18.1 Å². The average molecular weight is 410 g/mol. The smallest absolute Gasteiger partial charge is 0.192 e. The first kappa shape index (κ1) is 18.0. The third-order valence-corrected chi connectivity index (χ3v) is 6.85. The number of thiazole rings is 1. The molecule has 2 aromatic carbocycles. The number of benzene rings is 2. The van der Waals surface area contributed by atoms with Crippen molar-refractivity contribution in [3.63, 3.8) is 0 Å². The second-order valence-corrected chi connectivity index (χ2v) is 8.85. The molecule has 134 valence electrons. The van der Waals surface area contributed by atoms with E-state index >= 15 is 0 Å². The quantitative estimate of drug-likeness (QED) is 0.407. The number of hydrogen-bond acceptors (Lipinski definition) is 7. The topological polar surface area (TPSA) is 67.4 Å². The van der Waals surface area contributed by atoms with Crippen molar-refractivity contribution < 1.29 is 0 Å². The lowest BCUT2D eigenvalue weighted by Gasteiger charge is -2.09. The average Bonchev–Trinajstić information content (AvgIpc) is 3.29. The van der Waals surface area contributed by atoms with Gasteiger partial charge in [0.15, 0.2) is 9.50 Å². The Bertz CT molecular complexity index is 1050. The first-order valence-corrected chi connectivity index (χ1v) is 11.1. The van der Waals surface area contributed by atoms with Crippen molar-refractivity contribution in [2.45, 2.75) is 21.8 Å². The normalized spacial score (nSPS) is 10.9. The summed E-state index contributed by atoms with van der Waals surface area (Å²) in [6.07, 6.45) is 0.